The molecule has 0 heterocycles. The molecule has 4 nitrogen and oxygen atoms in total. The lowest BCUT2D eigenvalue weighted by atomic mass is 10.1. The van der Waals surface area contributed by atoms with Crippen molar-refractivity contribution in [1.29, 1.82) is 5.26 Å². The van der Waals surface area contributed by atoms with E-state index >= 15 is 0 Å². The summed E-state index contributed by atoms with van der Waals surface area (Å²) in [5.41, 5.74) is 1.51. The minimum atomic E-state index is -0.673. The Balaban J connectivity index is 1.75. The fraction of sp³-hybridized carbons (Fsp3) is 0.278. The number of nitrogens with zero attached hydrogens (tertiary/aromatic N) is 1. The standard InChI is InChI=1S/C18H19FN2O2/c1-13(15-4-6-16(19)7-5-15)21-11-17(22)12-23-18-8-2-14(10-20)3-9-18/h2-9,13,17,21-22H,11-12H2,1H3/t13-,17-/m0/s1. The number of halogens is 1. The molecule has 0 saturated heterocycles. The minimum Gasteiger partial charge on any atom is -0.491 e. The van der Waals surface area contributed by atoms with Crippen molar-refractivity contribution in [3.05, 3.63) is 65.5 Å². The molecule has 2 aromatic carbocycles. The van der Waals surface area contributed by atoms with Crippen molar-refractivity contribution in [3.63, 3.8) is 0 Å². The van der Waals surface area contributed by atoms with Crippen LogP contribution >= 0.6 is 0 Å². The van der Waals surface area contributed by atoms with E-state index in [1.807, 2.05) is 13.0 Å². The molecule has 23 heavy (non-hydrogen) atoms. The van der Waals surface area contributed by atoms with E-state index in [1.54, 1.807) is 36.4 Å². The molecule has 2 N–H and O–H groups in total. The van der Waals surface area contributed by atoms with Gasteiger partial charge in [-0.2, -0.15) is 5.26 Å². The molecule has 2 rings (SSSR count). The molecule has 0 aliphatic rings. The van der Waals surface area contributed by atoms with Gasteiger partial charge in [0.05, 0.1) is 11.6 Å². The summed E-state index contributed by atoms with van der Waals surface area (Å²) in [5, 5.41) is 21.8. The summed E-state index contributed by atoms with van der Waals surface area (Å²) in [4.78, 5) is 0. The zero-order valence-corrected chi connectivity index (χ0v) is 12.9. The Labute approximate surface area is 135 Å². The number of hydrogen-bond donors (Lipinski definition) is 2. The van der Waals surface area contributed by atoms with Crippen LogP contribution in [0.2, 0.25) is 0 Å². The van der Waals surface area contributed by atoms with Gasteiger partial charge in [-0.05, 0) is 48.9 Å². The minimum absolute atomic E-state index is 0.000150. The second kappa shape index (κ2) is 8.28. The normalized spacial score (nSPS) is 13.1. The van der Waals surface area contributed by atoms with Gasteiger partial charge < -0.3 is 15.2 Å². The number of hydrogen-bond acceptors (Lipinski definition) is 4. The van der Waals surface area contributed by atoms with Crippen LogP contribution in [0.5, 0.6) is 5.75 Å². The average Bonchev–Trinajstić information content (AvgIpc) is 2.59. The maximum Gasteiger partial charge on any atom is 0.123 e. The second-order valence-corrected chi connectivity index (χ2v) is 5.28. The third-order valence-corrected chi connectivity index (χ3v) is 3.46. The summed E-state index contributed by atoms with van der Waals surface area (Å²) in [6.07, 6.45) is -0.673. The zero-order valence-electron chi connectivity index (χ0n) is 12.9. The van der Waals surface area contributed by atoms with E-state index in [1.165, 1.54) is 12.1 Å². The van der Waals surface area contributed by atoms with Gasteiger partial charge in [0.15, 0.2) is 0 Å². The molecule has 0 radical (unpaired) electrons. The van der Waals surface area contributed by atoms with E-state index in [2.05, 4.69) is 5.32 Å². The number of aliphatic hydroxyl groups is 1. The topological polar surface area (TPSA) is 65.3 Å². The second-order valence-electron chi connectivity index (χ2n) is 5.28. The predicted molar refractivity (Wildman–Crippen MR) is 85.5 cm³/mol. The molecule has 120 valence electrons. The Morgan fingerprint density at radius 3 is 2.43 bits per heavy atom. The molecule has 0 aromatic heterocycles. The SMILES string of the molecule is C[C@H](NC[C@H](O)COc1ccc(C#N)cc1)c1ccc(F)cc1. The molecule has 0 aliphatic carbocycles. The first-order chi connectivity index (χ1) is 11.1. The van der Waals surface area contributed by atoms with Crippen LogP contribution in [0.1, 0.15) is 24.1 Å². The number of rotatable bonds is 7. The maximum absolute atomic E-state index is 12.9. The first kappa shape index (κ1) is 16.9. The Hall–Kier alpha value is -2.42. The molecule has 0 saturated carbocycles. The van der Waals surface area contributed by atoms with Gasteiger partial charge in [0, 0.05) is 12.6 Å². The molecule has 0 unspecified atom stereocenters. The molecule has 2 atom stereocenters. The van der Waals surface area contributed by atoms with Gasteiger partial charge >= 0.3 is 0 Å². The first-order valence-corrected chi connectivity index (χ1v) is 7.38. The lowest BCUT2D eigenvalue weighted by Crippen LogP contribution is -2.33. The van der Waals surface area contributed by atoms with Crippen LogP contribution in [0.25, 0.3) is 0 Å². The Kier molecular flexibility index (Phi) is 6.10. The van der Waals surface area contributed by atoms with Crippen molar-refractivity contribution in [1.82, 2.24) is 5.32 Å². The van der Waals surface area contributed by atoms with E-state index in [9.17, 15) is 9.50 Å². The fourth-order valence-electron chi connectivity index (χ4n) is 2.06. The van der Waals surface area contributed by atoms with Crippen LogP contribution in [-0.2, 0) is 0 Å². The Morgan fingerprint density at radius 1 is 1.17 bits per heavy atom. The van der Waals surface area contributed by atoms with Gasteiger partial charge in [-0.25, -0.2) is 4.39 Å². The van der Waals surface area contributed by atoms with Crippen LogP contribution in [0.4, 0.5) is 4.39 Å². The molecule has 0 fully saturated rings. The predicted octanol–water partition coefficient (Wildman–Crippen LogP) is 2.79. The number of aliphatic hydroxyl groups excluding tert-OH is 1. The summed E-state index contributed by atoms with van der Waals surface area (Å²) >= 11 is 0. The van der Waals surface area contributed by atoms with Crippen molar-refractivity contribution in [2.75, 3.05) is 13.2 Å². The Morgan fingerprint density at radius 2 is 1.83 bits per heavy atom. The summed E-state index contributed by atoms with van der Waals surface area (Å²) in [7, 11) is 0. The number of ether oxygens (including phenoxy) is 1. The lowest BCUT2D eigenvalue weighted by Gasteiger charge is -2.18. The maximum atomic E-state index is 12.9. The van der Waals surface area contributed by atoms with Gasteiger partial charge in [-0.3, -0.25) is 0 Å². The molecule has 2 aromatic rings. The number of benzene rings is 2. The summed E-state index contributed by atoms with van der Waals surface area (Å²) in [5.74, 6) is 0.339. The van der Waals surface area contributed by atoms with Crippen molar-refractivity contribution < 1.29 is 14.2 Å². The van der Waals surface area contributed by atoms with Gasteiger partial charge in [0.1, 0.15) is 24.3 Å². The molecule has 5 heteroatoms. The first-order valence-electron chi connectivity index (χ1n) is 7.38. The highest BCUT2D eigenvalue weighted by molar-refractivity contribution is 5.34. The smallest absolute Gasteiger partial charge is 0.123 e. The highest BCUT2D eigenvalue weighted by Crippen LogP contribution is 2.13. The van der Waals surface area contributed by atoms with Crippen LogP contribution in [-0.4, -0.2) is 24.4 Å². The molecular weight excluding hydrogens is 295 g/mol. The highest BCUT2D eigenvalue weighted by atomic mass is 19.1. The third kappa shape index (κ3) is 5.37. The summed E-state index contributed by atoms with van der Waals surface area (Å²) in [6.45, 7) is 2.45. The van der Waals surface area contributed by atoms with Gasteiger partial charge in [-0.15, -0.1) is 0 Å². The molecule has 0 amide bonds. The van der Waals surface area contributed by atoms with Crippen molar-refractivity contribution in [2.24, 2.45) is 0 Å². The summed E-state index contributed by atoms with van der Waals surface area (Å²) < 4.78 is 18.4. The van der Waals surface area contributed by atoms with Crippen molar-refractivity contribution >= 4 is 0 Å². The molecule has 0 bridgehead atoms. The van der Waals surface area contributed by atoms with Gasteiger partial charge in [0.25, 0.3) is 0 Å². The number of nitrogens with one attached hydrogen (secondary N) is 1. The van der Waals surface area contributed by atoms with Crippen LogP contribution in [0.3, 0.4) is 0 Å². The zero-order chi connectivity index (χ0) is 16.7. The molecule has 0 aliphatic heterocycles. The summed E-state index contributed by atoms with van der Waals surface area (Å²) in [6, 6.07) is 15.0. The van der Waals surface area contributed by atoms with Crippen molar-refractivity contribution in [3.8, 4) is 11.8 Å². The third-order valence-electron chi connectivity index (χ3n) is 3.46. The Bertz CT molecular complexity index is 650. The van der Waals surface area contributed by atoms with Crippen LogP contribution < -0.4 is 10.1 Å². The van der Waals surface area contributed by atoms with Crippen LogP contribution in [0.15, 0.2) is 48.5 Å². The monoisotopic (exact) mass is 314 g/mol. The number of nitriles is 1. The van der Waals surface area contributed by atoms with E-state index in [4.69, 9.17) is 10.00 Å². The van der Waals surface area contributed by atoms with E-state index < -0.39 is 6.10 Å². The van der Waals surface area contributed by atoms with Gasteiger partial charge in [0.2, 0.25) is 0 Å². The van der Waals surface area contributed by atoms with Crippen LogP contribution in [0, 0.1) is 17.1 Å². The quantitative estimate of drug-likeness (QED) is 0.825. The van der Waals surface area contributed by atoms with Crippen molar-refractivity contribution in [2.45, 2.75) is 19.1 Å². The van der Waals surface area contributed by atoms with E-state index in [0.29, 0.717) is 17.9 Å². The molecular formula is C18H19FN2O2. The highest BCUT2D eigenvalue weighted by Gasteiger charge is 2.09. The molecule has 0 spiro atoms. The fourth-order valence-corrected chi connectivity index (χ4v) is 2.06. The van der Waals surface area contributed by atoms with E-state index in [0.717, 1.165) is 5.56 Å². The van der Waals surface area contributed by atoms with E-state index in [-0.39, 0.29) is 18.5 Å². The largest absolute Gasteiger partial charge is 0.491 e. The average molecular weight is 314 g/mol. The lowest BCUT2D eigenvalue weighted by molar-refractivity contribution is 0.104. The van der Waals surface area contributed by atoms with Gasteiger partial charge in [-0.1, -0.05) is 12.1 Å².